The van der Waals surface area contributed by atoms with E-state index in [0.717, 1.165) is 29.8 Å². The lowest BCUT2D eigenvalue weighted by molar-refractivity contribution is -0.131. The number of rotatable bonds is 12. The lowest BCUT2D eigenvalue weighted by Gasteiger charge is -2.10. The lowest BCUT2D eigenvalue weighted by atomic mass is 10.00. The molecule has 3 N–H and O–H groups in total. The van der Waals surface area contributed by atoms with Gasteiger partial charge >= 0.3 is 10.8 Å². The minimum absolute atomic E-state index is 0.262. The van der Waals surface area contributed by atoms with Gasteiger partial charge in [0.2, 0.25) is 5.78 Å². The van der Waals surface area contributed by atoms with E-state index in [4.69, 9.17) is 5.11 Å². The number of carbonyl (C=O) groups excluding carboxylic acids is 1. The molecule has 1 aromatic rings. The number of aromatic nitrogens is 1. The Morgan fingerprint density at radius 1 is 1.30 bits per heavy atom. The molecular formula is C20H27NO5S. The number of aliphatic hydroxyl groups excluding tert-OH is 1. The average molecular weight is 394 g/mol. The number of aliphatic hydroxyl groups is 1. The van der Waals surface area contributed by atoms with Crippen molar-refractivity contribution in [3.8, 4) is 0 Å². The fourth-order valence-corrected chi connectivity index (χ4v) is 2.98. The third kappa shape index (κ3) is 10.5. The first-order valence-corrected chi connectivity index (χ1v) is 9.79. The average Bonchev–Trinajstić information content (AvgIpc) is 3.02. The maximum absolute atomic E-state index is 11.8. The van der Waals surface area contributed by atoms with Gasteiger partial charge < -0.3 is 15.2 Å². The molecule has 0 saturated heterocycles. The van der Waals surface area contributed by atoms with Crippen LogP contribution in [0.2, 0.25) is 0 Å². The Labute approximate surface area is 162 Å². The molecule has 1 heterocycles. The highest BCUT2D eigenvalue weighted by Gasteiger charge is 2.07. The third-order valence-corrected chi connectivity index (χ3v) is 4.63. The summed E-state index contributed by atoms with van der Waals surface area (Å²) < 4.78 is 0. The number of hydrogen-bond acceptors (Lipinski definition) is 5. The van der Waals surface area contributed by atoms with Gasteiger partial charge in [0.15, 0.2) is 0 Å². The second kappa shape index (κ2) is 12.2. The summed E-state index contributed by atoms with van der Waals surface area (Å²) in [7, 11) is 0. The van der Waals surface area contributed by atoms with Crippen LogP contribution in [-0.4, -0.2) is 33.1 Å². The molecule has 0 spiro atoms. The standard InChI is InChI=1S/C20H27NO5S/c1-14(6-3-4-7-15(2)12-19(24)25)10-11-16(22)8-5-9-18(23)17-13-27-20(26)21-17/h3,5-6,9,12-14,16,22H,4,7-8,10-11H2,1-2H3,(H,21,26)(H,24,25)/b6-3-,9-5+,15-12-/t14-,16+/m1/s1. The summed E-state index contributed by atoms with van der Waals surface area (Å²) in [6.45, 7) is 3.87. The molecule has 0 fully saturated rings. The maximum Gasteiger partial charge on any atom is 0.328 e. The van der Waals surface area contributed by atoms with Crippen LogP contribution in [0.1, 0.15) is 56.4 Å². The van der Waals surface area contributed by atoms with Crippen molar-refractivity contribution in [3.63, 3.8) is 0 Å². The zero-order chi connectivity index (χ0) is 20.2. The second-order valence-corrected chi connectivity index (χ2v) is 7.41. The monoisotopic (exact) mass is 393 g/mol. The van der Waals surface area contributed by atoms with Crippen LogP contribution in [-0.2, 0) is 4.79 Å². The zero-order valence-electron chi connectivity index (χ0n) is 15.7. The van der Waals surface area contributed by atoms with Crippen LogP contribution in [0.5, 0.6) is 0 Å². The number of carboxylic acid groups (broad SMARTS) is 1. The minimum Gasteiger partial charge on any atom is -0.478 e. The molecule has 1 aromatic heterocycles. The molecular weight excluding hydrogens is 366 g/mol. The first-order chi connectivity index (χ1) is 12.8. The zero-order valence-corrected chi connectivity index (χ0v) is 16.5. The first-order valence-electron chi connectivity index (χ1n) is 8.91. The van der Waals surface area contributed by atoms with E-state index in [2.05, 4.69) is 18.0 Å². The van der Waals surface area contributed by atoms with Crippen LogP contribution in [0.3, 0.4) is 0 Å². The van der Waals surface area contributed by atoms with E-state index in [9.17, 15) is 19.5 Å². The number of H-pyrrole nitrogens is 1. The van der Waals surface area contributed by atoms with E-state index >= 15 is 0 Å². The molecule has 27 heavy (non-hydrogen) atoms. The normalized spacial score (nSPS) is 14.7. The highest BCUT2D eigenvalue weighted by atomic mass is 32.1. The molecule has 0 saturated carbocycles. The van der Waals surface area contributed by atoms with Crippen LogP contribution in [0.25, 0.3) is 0 Å². The van der Waals surface area contributed by atoms with Crippen LogP contribution in [0.15, 0.2) is 46.1 Å². The summed E-state index contributed by atoms with van der Waals surface area (Å²) in [4.78, 5) is 35.5. The van der Waals surface area contributed by atoms with Gasteiger partial charge in [0.25, 0.3) is 0 Å². The van der Waals surface area contributed by atoms with Gasteiger partial charge in [-0.3, -0.25) is 9.59 Å². The topological polar surface area (TPSA) is 107 Å². The van der Waals surface area contributed by atoms with E-state index in [1.54, 1.807) is 13.0 Å². The van der Waals surface area contributed by atoms with Crippen LogP contribution in [0, 0.1) is 5.92 Å². The van der Waals surface area contributed by atoms with Crippen molar-refractivity contribution < 1.29 is 19.8 Å². The SMILES string of the molecule is C/C(=C/C(=O)O)CC/C=C\[C@@H](C)CC[C@@H](O)C/C=C/C(=O)c1csc(=O)[nH]1. The van der Waals surface area contributed by atoms with Gasteiger partial charge in [-0.1, -0.05) is 42.1 Å². The molecule has 0 bridgehead atoms. The Morgan fingerprint density at radius 2 is 2.04 bits per heavy atom. The van der Waals surface area contributed by atoms with Crippen LogP contribution < -0.4 is 4.87 Å². The molecule has 0 amide bonds. The Bertz CT molecular complexity index is 756. The smallest absolute Gasteiger partial charge is 0.328 e. The van der Waals surface area contributed by atoms with Crippen molar-refractivity contribution in [3.05, 3.63) is 56.7 Å². The molecule has 2 atom stereocenters. The van der Waals surface area contributed by atoms with Crippen molar-refractivity contribution in [2.45, 2.75) is 52.1 Å². The molecule has 6 nitrogen and oxygen atoms in total. The molecule has 7 heteroatoms. The van der Waals surface area contributed by atoms with Crippen LogP contribution >= 0.6 is 11.3 Å². The van der Waals surface area contributed by atoms with Crippen molar-refractivity contribution in [1.82, 2.24) is 4.98 Å². The number of carbonyl (C=O) groups is 2. The van der Waals surface area contributed by atoms with Gasteiger partial charge in [0.05, 0.1) is 11.8 Å². The maximum atomic E-state index is 11.8. The van der Waals surface area contributed by atoms with E-state index < -0.39 is 12.1 Å². The van der Waals surface area contributed by atoms with Gasteiger partial charge in [0.1, 0.15) is 0 Å². The Morgan fingerprint density at radius 3 is 2.67 bits per heavy atom. The number of ketones is 1. The van der Waals surface area contributed by atoms with E-state index in [1.807, 2.05) is 6.08 Å². The fraction of sp³-hybridized carbons (Fsp3) is 0.450. The van der Waals surface area contributed by atoms with E-state index in [1.165, 1.54) is 17.5 Å². The number of allylic oxidation sites excluding steroid dienone is 4. The Hall–Kier alpha value is -2.25. The first kappa shape index (κ1) is 22.8. The van der Waals surface area contributed by atoms with Gasteiger partial charge in [-0.2, -0.15) is 0 Å². The molecule has 0 aliphatic heterocycles. The van der Waals surface area contributed by atoms with E-state index in [0.29, 0.717) is 25.2 Å². The number of carboxylic acids is 1. The molecule has 148 valence electrons. The summed E-state index contributed by atoms with van der Waals surface area (Å²) in [5.41, 5.74) is 1.10. The molecule has 1 rings (SSSR count). The number of hydrogen-bond donors (Lipinski definition) is 3. The van der Waals surface area contributed by atoms with Crippen molar-refractivity contribution >= 4 is 23.1 Å². The molecule has 0 radical (unpaired) electrons. The Balaban J connectivity index is 2.24. The third-order valence-electron chi connectivity index (χ3n) is 3.96. The molecule has 0 aromatic carbocycles. The molecule has 0 unspecified atom stereocenters. The second-order valence-electron chi connectivity index (χ2n) is 6.57. The summed E-state index contributed by atoms with van der Waals surface area (Å²) in [5.74, 6) is -0.882. The van der Waals surface area contributed by atoms with Crippen molar-refractivity contribution in [2.24, 2.45) is 5.92 Å². The fourth-order valence-electron chi connectivity index (χ4n) is 2.41. The number of aliphatic carboxylic acids is 1. The Kier molecular flexibility index (Phi) is 10.3. The molecule has 0 aliphatic carbocycles. The minimum atomic E-state index is -0.918. The van der Waals surface area contributed by atoms with Crippen LogP contribution in [0.4, 0.5) is 0 Å². The summed E-state index contributed by atoms with van der Waals surface area (Å²) >= 11 is 0.945. The van der Waals surface area contributed by atoms with Gasteiger partial charge in [-0.25, -0.2) is 4.79 Å². The largest absolute Gasteiger partial charge is 0.478 e. The number of nitrogens with one attached hydrogen (secondary N) is 1. The molecule has 0 aliphatic rings. The highest BCUT2D eigenvalue weighted by molar-refractivity contribution is 7.07. The highest BCUT2D eigenvalue weighted by Crippen LogP contribution is 2.13. The van der Waals surface area contributed by atoms with Gasteiger partial charge in [-0.05, 0) is 51.0 Å². The summed E-state index contributed by atoms with van der Waals surface area (Å²) in [6, 6.07) is 0. The number of aromatic amines is 1. The van der Waals surface area contributed by atoms with Crippen molar-refractivity contribution in [2.75, 3.05) is 0 Å². The summed E-state index contributed by atoms with van der Waals surface area (Å²) in [5, 5.41) is 20.1. The van der Waals surface area contributed by atoms with E-state index in [-0.39, 0.29) is 16.4 Å². The van der Waals surface area contributed by atoms with Crippen molar-refractivity contribution in [1.29, 1.82) is 0 Å². The summed E-state index contributed by atoms with van der Waals surface area (Å²) in [6.07, 6.45) is 11.1. The lowest BCUT2D eigenvalue weighted by Crippen LogP contribution is -2.07. The van der Waals surface area contributed by atoms with Gasteiger partial charge in [0, 0.05) is 11.5 Å². The predicted molar refractivity (Wildman–Crippen MR) is 107 cm³/mol. The number of thiazole rings is 1. The van der Waals surface area contributed by atoms with Gasteiger partial charge in [-0.15, -0.1) is 0 Å². The predicted octanol–water partition coefficient (Wildman–Crippen LogP) is 3.71. The quantitative estimate of drug-likeness (QED) is 0.285.